The third kappa shape index (κ3) is 2.73. The van der Waals surface area contributed by atoms with Gasteiger partial charge in [-0.1, -0.05) is 0 Å². The summed E-state index contributed by atoms with van der Waals surface area (Å²) in [6.45, 7) is 0. The van der Waals surface area contributed by atoms with E-state index >= 15 is 0 Å². The fraction of sp³-hybridized carbons (Fsp3) is 0.333. The summed E-state index contributed by atoms with van der Waals surface area (Å²) >= 11 is 5.81. The predicted octanol–water partition coefficient (Wildman–Crippen LogP) is 1.68. The zero-order valence-corrected chi connectivity index (χ0v) is 9.59. The Balaban J connectivity index is 2.68. The number of methoxy groups -OCH3 is 1. The van der Waals surface area contributed by atoms with Gasteiger partial charge in [-0.2, -0.15) is 0 Å². The molecule has 0 atom stereocenters. The second-order valence-corrected chi connectivity index (χ2v) is 5.23. The Morgan fingerprint density at radius 2 is 2.17 bits per heavy atom. The average Bonchev–Trinajstić information content (AvgIpc) is 2.15. The predicted molar refractivity (Wildman–Crippen MR) is 53.9 cm³/mol. The summed E-state index contributed by atoms with van der Waals surface area (Å²) in [5.41, 5.74) is 0. The Bertz CT molecular complexity index is 240. The third-order valence-electron chi connectivity index (χ3n) is 1.45. The molecule has 0 N–H and O–H groups in total. The van der Waals surface area contributed by atoms with E-state index in [2.05, 4.69) is 6.07 Å². The number of para-hydroxylation sites is 1. The zero-order valence-electron chi connectivity index (χ0n) is 6.96. The van der Waals surface area contributed by atoms with E-state index in [1.54, 1.807) is 7.11 Å². The first-order valence-corrected chi connectivity index (χ1v) is 6.55. The van der Waals surface area contributed by atoms with Crippen LogP contribution in [0.2, 0.25) is 5.21 Å². The number of hydrogen-bond acceptors (Lipinski definition) is 1. The first-order valence-electron chi connectivity index (χ1n) is 3.75. The van der Waals surface area contributed by atoms with Crippen molar-refractivity contribution in [2.24, 2.45) is 0 Å². The van der Waals surface area contributed by atoms with Crippen LogP contribution >= 0.6 is 11.6 Å². The quantitative estimate of drug-likeness (QED) is 0.579. The number of hydrogen-bond donors (Lipinski definition) is 0. The summed E-state index contributed by atoms with van der Waals surface area (Å²) in [5, 5.41) is 1.10. The average molecular weight is 246 g/mol. The number of rotatable bonds is 4. The minimum atomic E-state index is 0.182. The molecule has 0 saturated heterocycles. The number of benzene rings is 1. The molecular weight excluding hydrogens is 234 g/mol. The molecule has 1 aromatic carbocycles. The van der Waals surface area contributed by atoms with E-state index in [9.17, 15) is 0 Å². The van der Waals surface area contributed by atoms with Crippen LogP contribution < -0.4 is 9.09 Å². The van der Waals surface area contributed by atoms with Crippen molar-refractivity contribution in [2.75, 3.05) is 13.0 Å². The van der Waals surface area contributed by atoms with Crippen molar-refractivity contribution in [3.05, 3.63) is 24.3 Å². The Morgan fingerprint density at radius 1 is 1.42 bits per heavy atom. The summed E-state index contributed by atoms with van der Waals surface area (Å²) < 4.78 is 6.55. The molecule has 1 rings (SSSR count). The first kappa shape index (κ1) is 9.95. The van der Waals surface area contributed by atoms with Gasteiger partial charge in [0.15, 0.2) is 0 Å². The molecule has 65 valence electrons. The summed E-state index contributed by atoms with van der Waals surface area (Å²) in [6, 6.07) is 8.15. The van der Waals surface area contributed by atoms with E-state index < -0.39 is 0 Å². The molecule has 0 unspecified atom stereocenters. The van der Waals surface area contributed by atoms with Crippen molar-refractivity contribution < 1.29 is 4.74 Å². The van der Waals surface area contributed by atoms with E-state index in [0.29, 0.717) is 0 Å². The zero-order chi connectivity index (χ0) is 8.81. The van der Waals surface area contributed by atoms with Crippen molar-refractivity contribution in [3.8, 4) is 5.75 Å². The number of ether oxygens (including phenoxy) is 1. The molecule has 3 heteroatoms. The summed E-state index contributed by atoms with van der Waals surface area (Å²) in [5.74, 6) is 1.75. The van der Waals surface area contributed by atoms with Crippen molar-refractivity contribution in [2.45, 2.75) is 5.21 Å². The monoisotopic (exact) mass is 245 g/mol. The van der Waals surface area contributed by atoms with E-state index in [4.69, 9.17) is 16.3 Å². The Hall–Kier alpha value is -0.132. The molecule has 0 aliphatic heterocycles. The fourth-order valence-corrected chi connectivity index (χ4v) is 3.12. The van der Waals surface area contributed by atoms with Gasteiger partial charge in [-0.05, 0) is 0 Å². The summed E-state index contributed by atoms with van der Waals surface area (Å²) in [4.78, 5) is 0. The molecule has 0 aliphatic rings. The van der Waals surface area contributed by atoms with Crippen molar-refractivity contribution in [1.29, 1.82) is 0 Å². The number of alkyl halides is 1. The van der Waals surface area contributed by atoms with Crippen molar-refractivity contribution in [1.82, 2.24) is 0 Å². The third-order valence-corrected chi connectivity index (χ3v) is 4.64. The van der Waals surface area contributed by atoms with Crippen LogP contribution in [0.5, 0.6) is 5.75 Å². The Morgan fingerprint density at radius 3 is 2.83 bits per heavy atom. The SMILES string of the molecule is COc1ccccc1[As]CCCl. The summed E-state index contributed by atoms with van der Waals surface area (Å²) in [7, 11) is 1.71. The maximum atomic E-state index is 5.63. The molecule has 0 amide bonds. The van der Waals surface area contributed by atoms with Gasteiger partial charge in [0.25, 0.3) is 0 Å². The fourth-order valence-electron chi connectivity index (χ4n) is 0.923. The first-order chi connectivity index (χ1) is 5.88. The molecule has 0 aromatic heterocycles. The molecule has 1 radical (unpaired) electrons. The van der Waals surface area contributed by atoms with E-state index in [-0.39, 0.29) is 15.8 Å². The Kier molecular flexibility index (Phi) is 4.56. The van der Waals surface area contributed by atoms with Gasteiger partial charge >= 0.3 is 84.7 Å². The van der Waals surface area contributed by atoms with Gasteiger partial charge in [0.1, 0.15) is 0 Å². The van der Waals surface area contributed by atoms with Gasteiger partial charge in [-0.3, -0.25) is 0 Å². The van der Waals surface area contributed by atoms with Crippen LogP contribution in [-0.4, -0.2) is 28.7 Å². The van der Waals surface area contributed by atoms with Gasteiger partial charge in [-0.15, -0.1) is 0 Å². The van der Waals surface area contributed by atoms with Gasteiger partial charge in [0.2, 0.25) is 0 Å². The van der Waals surface area contributed by atoms with E-state index in [0.717, 1.165) is 16.8 Å². The van der Waals surface area contributed by atoms with Crippen LogP contribution in [0.15, 0.2) is 24.3 Å². The molecule has 0 bridgehead atoms. The Labute approximate surface area is 84.8 Å². The molecule has 0 heterocycles. The molecule has 0 saturated carbocycles. The molecule has 1 nitrogen and oxygen atoms in total. The molecule has 0 fully saturated rings. The van der Waals surface area contributed by atoms with Gasteiger partial charge in [-0.25, -0.2) is 0 Å². The molecule has 0 spiro atoms. The van der Waals surface area contributed by atoms with Crippen molar-refractivity contribution in [3.63, 3.8) is 0 Å². The van der Waals surface area contributed by atoms with Gasteiger partial charge in [0.05, 0.1) is 0 Å². The number of halogens is 1. The van der Waals surface area contributed by atoms with Crippen LogP contribution in [-0.2, 0) is 0 Å². The molecule has 1 aromatic rings. The van der Waals surface area contributed by atoms with Crippen LogP contribution in [0.1, 0.15) is 0 Å². The maximum absolute atomic E-state index is 5.63. The molecule has 0 aliphatic carbocycles. The second-order valence-electron chi connectivity index (χ2n) is 2.24. The minimum absolute atomic E-state index is 0.182. The summed E-state index contributed by atoms with van der Waals surface area (Å²) in [6.07, 6.45) is 0. The second kappa shape index (κ2) is 5.50. The van der Waals surface area contributed by atoms with Gasteiger partial charge in [0, 0.05) is 0 Å². The topological polar surface area (TPSA) is 9.23 Å². The van der Waals surface area contributed by atoms with Crippen molar-refractivity contribution >= 4 is 31.7 Å². The molecule has 12 heavy (non-hydrogen) atoms. The van der Waals surface area contributed by atoms with Crippen LogP contribution in [0.4, 0.5) is 0 Å². The molecular formula is C9H11AsClO. The normalized spacial score (nSPS) is 10.8. The standard InChI is InChI=1S/C9H11AsClO/c1-12-9-5-3-2-4-8(9)10-6-7-11/h2-5H,6-7H2,1H3. The van der Waals surface area contributed by atoms with Crippen LogP contribution in [0.25, 0.3) is 0 Å². The van der Waals surface area contributed by atoms with Gasteiger partial charge < -0.3 is 0 Å². The van der Waals surface area contributed by atoms with E-state index in [1.807, 2.05) is 18.2 Å². The van der Waals surface area contributed by atoms with Crippen LogP contribution in [0.3, 0.4) is 0 Å². The van der Waals surface area contributed by atoms with Crippen LogP contribution in [0, 0.1) is 0 Å². The van der Waals surface area contributed by atoms with E-state index in [1.165, 1.54) is 4.35 Å².